The summed E-state index contributed by atoms with van der Waals surface area (Å²) in [5, 5.41) is 0.585. The van der Waals surface area contributed by atoms with Crippen molar-refractivity contribution in [1.29, 1.82) is 0 Å². The van der Waals surface area contributed by atoms with Crippen LogP contribution in [-0.2, 0) is 30.7 Å². The highest BCUT2D eigenvalue weighted by Gasteiger charge is 2.22. The highest BCUT2D eigenvalue weighted by Crippen LogP contribution is 2.24. The number of carbonyl (C=O) groups excluding carboxylic acids is 2. The average Bonchev–Trinajstić information content (AvgIpc) is 2.92. The molecule has 0 fully saturated rings. The van der Waals surface area contributed by atoms with Crippen LogP contribution in [0.4, 0.5) is 5.69 Å². The first-order valence-corrected chi connectivity index (χ1v) is 12.5. The number of nitrogens with zero attached hydrogens (tertiary/aromatic N) is 2. The maximum atomic E-state index is 13.6. The van der Waals surface area contributed by atoms with E-state index < -0.39 is 0 Å². The molecule has 0 bridgehead atoms. The molecule has 0 N–H and O–H groups in total. The molecule has 0 aliphatic carbocycles. The van der Waals surface area contributed by atoms with Gasteiger partial charge in [-0.25, -0.2) is 0 Å². The molecular weight excluding hydrogens is 468 g/mol. The Morgan fingerprint density at radius 2 is 1.47 bits per heavy atom. The van der Waals surface area contributed by atoms with Gasteiger partial charge in [0.15, 0.2) is 0 Å². The first-order chi connectivity index (χ1) is 17.6. The van der Waals surface area contributed by atoms with Gasteiger partial charge in [-0.1, -0.05) is 78.3 Å². The molecule has 0 atom stereocenters. The van der Waals surface area contributed by atoms with Crippen molar-refractivity contribution in [3.63, 3.8) is 0 Å². The molecule has 4 nitrogen and oxygen atoms in total. The predicted octanol–water partition coefficient (Wildman–Crippen LogP) is 6.31. The summed E-state index contributed by atoms with van der Waals surface area (Å²) in [7, 11) is 0. The molecule has 0 saturated heterocycles. The minimum absolute atomic E-state index is 0.0975. The van der Waals surface area contributed by atoms with Crippen LogP contribution in [0.5, 0.6) is 0 Å². The maximum absolute atomic E-state index is 13.6. The smallest absolute Gasteiger partial charge is 0.258 e. The minimum Gasteiger partial charge on any atom is -0.338 e. The summed E-state index contributed by atoms with van der Waals surface area (Å²) in [6, 6.07) is 32.9. The number of halogens is 1. The lowest BCUT2D eigenvalue weighted by Gasteiger charge is -2.29. The molecule has 1 aliphatic rings. The van der Waals surface area contributed by atoms with Crippen molar-refractivity contribution in [3.8, 4) is 0 Å². The fourth-order valence-electron chi connectivity index (χ4n) is 4.62. The van der Waals surface area contributed by atoms with Gasteiger partial charge in [0.2, 0.25) is 5.91 Å². The summed E-state index contributed by atoms with van der Waals surface area (Å²) in [6.45, 7) is 1.79. The largest absolute Gasteiger partial charge is 0.338 e. The van der Waals surface area contributed by atoms with Crippen molar-refractivity contribution in [2.75, 3.05) is 11.4 Å². The van der Waals surface area contributed by atoms with Crippen LogP contribution in [0.3, 0.4) is 0 Å². The average molecular weight is 495 g/mol. The number of rotatable bonds is 6. The zero-order valence-corrected chi connectivity index (χ0v) is 20.7. The van der Waals surface area contributed by atoms with E-state index in [4.69, 9.17) is 11.6 Å². The molecule has 0 spiro atoms. The lowest BCUT2D eigenvalue weighted by atomic mass is 9.99. The van der Waals surface area contributed by atoms with Crippen LogP contribution in [0.15, 0.2) is 103 Å². The van der Waals surface area contributed by atoms with Crippen molar-refractivity contribution < 1.29 is 9.59 Å². The third-order valence-electron chi connectivity index (χ3n) is 6.58. The van der Waals surface area contributed by atoms with Crippen molar-refractivity contribution >= 4 is 29.1 Å². The number of hydrogen-bond donors (Lipinski definition) is 0. The normalized spacial score (nSPS) is 12.6. The predicted molar refractivity (Wildman–Crippen MR) is 144 cm³/mol. The highest BCUT2D eigenvalue weighted by molar-refractivity contribution is 6.30. The summed E-state index contributed by atoms with van der Waals surface area (Å²) in [5.41, 5.74) is 5.76. The lowest BCUT2D eigenvalue weighted by Crippen LogP contribution is -2.37. The minimum atomic E-state index is -0.119. The molecule has 0 saturated carbocycles. The molecule has 36 heavy (non-hydrogen) atoms. The van der Waals surface area contributed by atoms with Crippen LogP contribution in [0, 0.1) is 0 Å². The van der Waals surface area contributed by atoms with E-state index in [2.05, 4.69) is 12.1 Å². The second-order valence-corrected chi connectivity index (χ2v) is 9.50. The molecule has 0 radical (unpaired) electrons. The van der Waals surface area contributed by atoms with Crippen molar-refractivity contribution in [2.24, 2.45) is 0 Å². The Morgan fingerprint density at radius 1 is 0.778 bits per heavy atom. The molecule has 4 aromatic rings. The van der Waals surface area contributed by atoms with E-state index in [1.54, 1.807) is 29.2 Å². The second kappa shape index (κ2) is 10.8. The van der Waals surface area contributed by atoms with E-state index in [1.165, 1.54) is 11.1 Å². The third kappa shape index (κ3) is 5.50. The van der Waals surface area contributed by atoms with E-state index in [-0.39, 0.29) is 11.8 Å². The maximum Gasteiger partial charge on any atom is 0.258 e. The SMILES string of the molecule is O=C(Cc1cccc(N(Cc2ccccc2)C(=O)c2ccc(Cl)cc2)c1)N1CCc2ccccc2C1. The molecule has 0 unspecified atom stereocenters. The van der Waals surface area contributed by atoms with Gasteiger partial charge in [0, 0.05) is 29.4 Å². The molecular formula is C31H27ClN2O2. The van der Waals surface area contributed by atoms with Gasteiger partial charge < -0.3 is 9.80 Å². The van der Waals surface area contributed by atoms with Gasteiger partial charge >= 0.3 is 0 Å². The molecule has 5 rings (SSSR count). The number of hydrogen-bond acceptors (Lipinski definition) is 2. The van der Waals surface area contributed by atoms with Crippen molar-refractivity contribution in [3.05, 3.63) is 136 Å². The second-order valence-electron chi connectivity index (χ2n) is 9.06. The van der Waals surface area contributed by atoms with Gasteiger partial charge in [-0.15, -0.1) is 0 Å². The Balaban J connectivity index is 1.38. The summed E-state index contributed by atoms with van der Waals surface area (Å²) < 4.78 is 0. The quantitative estimate of drug-likeness (QED) is 0.315. The van der Waals surface area contributed by atoms with Gasteiger partial charge in [0.05, 0.1) is 13.0 Å². The number of fused-ring (bicyclic) bond motifs is 1. The monoisotopic (exact) mass is 494 g/mol. The van der Waals surface area contributed by atoms with E-state index in [9.17, 15) is 9.59 Å². The lowest BCUT2D eigenvalue weighted by molar-refractivity contribution is -0.131. The Labute approximate surface area is 216 Å². The van der Waals surface area contributed by atoms with Crippen LogP contribution in [0.2, 0.25) is 5.02 Å². The Morgan fingerprint density at radius 3 is 2.25 bits per heavy atom. The van der Waals surface area contributed by atoms with Crippen LogP contribution in [0.25, 0.3) is 0 Å². The Bertz CT molecular complexity index is 1370. The fraction of sp³-hybridized carbons (Fsp3) is 0.161. The summed E-state index contributed by atoms with van der Waals surface area (Å²) >= 11 is 6.04. The molecule has 1 aliphatic heterocycles. The zero-order valence-electron chi connectivity index (χ0n) is 19.9. The Hall–Kier alpha value is -3.89. The van der Waals surface area contributed by atoms with E-state index in [1.807, 2.05) is 71.6 Å². The van der Waals surface area contributed by atoms with Gasteiger partial charge in [-0.3, -0.25) is 9.59 Å². The van der Waals surface area contributed by atoms with Crippen molar-refractivity contribution in [2.45, 2.75) is 25.9 Å². The number of benzene rings is 4. The molecule has 0 aromatic heterocycles. The topological polar surface area (TPSA) is 40.6 Å². The Kier molecular flexibility index (Phi) is 7.15. The van der Waals surface area contributed by atoms with Gasteiger partial charge in [0.1, 0.15) is 0 Å². The first-order valence-electron chi connectivity index (χ1n) is 12.1. The van der Waals surface area contributed by atoms with Crippen LogP contribution < -0.4 is 4.90 Å². The van der Waals surface area contributed by atoms with E-state index in [0.717, 1.165) is 29.8 Å². The van der Waals surface area contributed by atoms with E-state index in [0.29, 0.717) is 30.1 Å². The van der Waals surface area contributed by atoms with Crippen LogP contribution in [-0.4, -0.2) is 23.3 Å². The number of carbonyl (C=O) groups is 2. The number of amides is 2. The van der Waals surface area contributed by atoms with E-state index >= 15 is 0 Å². The fourth-order valence-corrected chi connectivity index (χ4v) is 4.75. The van der Waals surface area contributed by atoms with Gasteiger partial charge in [0.25, 0.3) is 5.91 Å². The van der Waals surface area contributed by atoms with Crippen molar-refractivity contribution in [1.82, 2.24) is 4.90 Å². The molecule has 4 aromatic carbocycles. The summed E-state index contributed by atoms with van der Waals surface area (Å²) in [5.74, 6) is -0.0214. The standard InChI is InChI=1S/C31H27ClN2O2/c32-28-15-13-26(14-16-28)31(36)34(21-23-7-2-1-3-8-23)29-12-6-9-24(19-29)20-30(35)33-18-17-25-10-4-5-11-27(25)22-33/h1-16,19H,17-18,20-22H2. The zero-order chi connectivity index (χ0) is 24.9. The van der Waals surface area contributed by atoms with Gasteiger partial charge in [-0.05, 0) is 65.1 Å². The molecule has 2 amide bonds. The molecule has 1 heterocycles. The molecule has 180 valence electrons. The van der Waals surface area contributed by atoms with Gasteiger partial charge in [-0.2, -0.15) is 0 Å². The highest BCUT2D eigenvalue weighted by atomic mass is 35.5. The third-order valence-corrected chi connectivity index (χ3v) is 6.83. The first kappa shape index (κ1) is 23.8. The van der Waals surface area contributed by atoms with Crippen LogP contribution in [0.1, 0.15) is 32.6 Å². The number of anilines is 1. The summed E-state index contributed by atoms with van der Waals surface area (Å²) in [6.07, 6.45) is 1.17. The molecule has 5 heteroatoms. The summed E-state index contributed by atoms with van der Waals surface area (Å²) in [4.78, 5) is 30.4. The van der Waals surface area contributed by atoms with Crippen LogP contribution >= 0.6 is 11.6 Å².